The molecule has 11 heteroatoms. The smallest absolute Gasteiger partial charge is 0.357 e. The Hall–Kier alpha value is -3.60. The van der Waals surface area contributed by atoms with Crippen molar-refractivity contribution >= 4 is 39.2 Å². The summed E-state index contributed by atoms with van der Waals surface area (Å²) in [5.74, 6) is -2.58. The van der Waals surface area contributed by atoms with Crippen LogP contribution < -0.4 is 5.32 Å². The first kappa shape index (κ1) is 21.1. The molecule has 0 saturated heterocycles. The van der Waals surface area contributed by atoms with Crippen molar-refractivity contribution < 1.29 is 23.6 Å². The van der Waals surface area contributed by atoms with Crippen LogP contribution >= 0.6 is 15.9 Å². The number of carbonyl (C=O) groups is 2. The lowest BCUT2D eigenvalue weighted by Gasteiger charge is -2.12. The summed E-state index contributed by atoms with van der Waals surface area (Å²) in [6.07, 6.45) is -1.22. The molecule has 1 amide bonds. The van der Waals surface area contributed by atoms with Gasteiger partial charge in [-0.1, -0.05) is 28.1 Å². The number of hydrogen-bond donors (Lipinski definition) is 2. The monoisotopic (exact) mass is 476 g/mol. The average molecular weight is 477 g/mol. The first-order chi connectivity index (χ1) is 14.2. The van der Waals surface area contributed by atoms with Gasteiger partial charge in [0.15, 0.2) is 6.10 Å². The van der Waals surface area contributed by atoms with Crippen LogP contribution in [0, 0.1) is 15.9 Å². The van der Waals surface area contributed by atoms with E-state index < -0.39 is 34.4 Å². The largest absolute Gasteiger partial charge is 0.448 e. The van der Waals surface area contributed by atoms with Crippen LogP contribution in [0.5, 0.6) is 0 Å². The number of hydrogen-bond acceptors (Lipinski definition) is 6. The molecule has 2 aromatic carbocycles. The molecule has 9 nitrogen and oxygen atoms in total. The van der Waals surface area contributed by atoms with Gasteiger partial charge in [0, 0.05) is 21.8 Å². The van der Waals surface area contributed by atoms with Crippen LogP contribution in [0.1, 0.15) is 17.4 Å². The quantitative estimate of drug-likeness (QED) is 0.313. The average Bonchev–Trinajstić information content (AvgIpc) is 3.20. The molecule has 1 atom stereocenters. The number of aromatic amines is 1. The van der Waals surface area contributed by atoms with Crippen molar-refractivity contribution in [2.24, 2.45) is 0 Å². The number of aromatic nitrogens is 2. The summed E-state index contributed by atoms with van der Waals surface area (Å²) in [5.41, 5.74) is 0.554. The van der Waals surface area contributed by atoms with Gasteiger partial charge >= 0.3 is 11.7 Å². The van der Waals surface area contributed by atoms with Crippen LogP contribution in [0.15, 0.2) is 53.0 Å². The highest BCUT2D eigenvalue weighted by molar-refractivity contribution is 9.10. The highest BCUT2D eigenvalue weighted by Gasteiger charge is 2.22. The fraction of sp³-hybridized carbons (Fsp3) is 0.105. The number of nitrogens with one attached hydrogen (secondary N) is 2. The number of nitro benzene ring substituents is 1. The zero-order valence-corrected chi connectivity index (χ0v) is 17.0. The molecular formula is C19H14BrFN4O5. The Balaban J connectivity index is 1.64. The van der Waals surface area contributed by atoms with Crippen LogP contribution in [0.4, 0.5) is 15.8 Å². The maximum Gasteiger partial charge on any atom is 0.357 e. The number of rotatable bonds is 6. The van der Waals surface area contributed by atoms with E-state index in [1.165, 1.54) is 13.0 Å². The molecule has 0 aliphatic rings. The van der Waals surface area contributed by atoms with E-state index in [0.717, 1.165) is 28.2 Å². The summed E-state index contributed by atoms with van der Waals surface area (Å²) < 4.78 is 19.4. The van der Waals surface area contributed by atoms with Crippen LogP contribution in [0.2, 0.25) is 0 Å². The van der Waals surface area contributed by atoms with Gasteiger partial charge in [0.05, 0.1) is 10.6 Å². The summed E-state index contributed by atoms with van der Waals surface area (Å²) in [4.78, 5) is 34.4. The lowest BCUT2D eigenvalue weighted by molar-refractivity contribution is -0.387. The van der Waals surface area contributed by atoms with Crippen LogP contribution in [0.3, 0.4) is 0 Å². The van der Waals surface area contributed by atoms with Gasteiger partial charge in [-0.25, -0.2) is 4.79 Å². The van der Waals surface area contributed by atoms with Gasteiger partial charge in [0.1, 0.15) is 5.69 Å². The van der Waals surface area contributed by atoms with E-state index in [1.54, 1.807) is 0 Å². The van der Waals surface area contributed by atoms with Crippen molar-refractivity contribution in [2.45, 2.75) is 13.0 Å². The van der Waals surface area contributed by atoms with E-state index in [4.69, 9.17) is 4.74 Å². The van der Waals surface area contributed by atoms with Gasteiger partial charge in [0.2, 0.25) is 5.82 Å². The van der Waals surface area contributed by atoms with Crippen molar-refractivity contribution in [1.29, 1.82) is 0 Å². The molecule has 1 aromatic heterocycles. The number of esters is 1. The number of nitro groups is 1. The van der Waals surface area contributed by atoms with E-state index in [1.807, 2.05) is 24.3 Å². The van der Waals surface area contributed by atoms with Gasteiger partial charge in [-0.3, -0.25) is 20.0 Å². The number of nitrogens with zero attached hydrogens (tertiary/aromatic N) is 2. The van der Waals surface area contributed by atoms with E-state index in [9.17, 15) is 24.1 Å². The minimum Gasteiger partial charge on any atom is -0.448 e. The molecule has 0 saturated carbocycles. The Morgan fingerprint density at radius 1 is 1.23 bits per heavy atom. The molecule has 0 fully saturated rings. The lowest BCUT2D eigenvalue weighted by atomic mass is 10.1. The zero-order valence-electron chi connectivity index (χ0n) is 15.4. The zero-order chi connectivity index (χ0) is 21.8. The first-order valence-corrected chi connectivity index (χ1v) is 9.31. The fourth-order valence-corrected chi connectivity index (χ4v) is 2.71. The minimum absolute atomic E-state index is 0.00457. The van der Waals surface area contributed by atoms with E-state index in [2.05, 4.69) is 31.4 Å². The fourth-order valence-electron chi connectivity index (χ4n) is 2.45. The van der Waals surface area contributed by atoms with Crippen molar-refractivity contribution in [1.82, 2.24) is 10.2 Å². The maximum absolute atomic E-state index is 13.4. The molecule has 0 aliphatic carbocycles. The second kappa shape index (κ2) is 8.82. The summed E-state index contributed by atoms with van der Waals surface area (Å²) in [6, 6.07) is 11.7. The number of benzene rings is 2. The molecule has 1 heterocycles. The molecule has 0 radical (unpaired) electrons. The second-order valence-corrected chi connectivity index (χ2v) is 7.05. The molecule has 2 N–H and O–H groups in total. The van der Waals surface area contributed by atoms with Gasteiger partial charge in [-0.2, -0.15) is 9.49 Å². The number of carbonyl (C=O) groups excluding carboxylic acids is 2. The molecule has 30 heavy (non-hydrogen) atoms. The molecule has 3 rings (SSSR count). The molecule has 3 aromatic rings. The third-order valence-electron chi connectivity index (χ3n) is 4.00. The Bertz CT molecular complexity index is 1120. The summed E-state index contributed by atoms with van der Waals surface area (Å²) in [6.45, 7) is 1.33. The predicted molar refractivity (Wildman–Crippen MR) is 108 cm³/mol. The molecular weight excluding hydrogens is 463 g/mol. The van der Waals surface area contributed by atoms with Gasteiger partial charge < -0.3 is 10.1 Å². The lowest BCUT2D eigenvalue weighted by Crippen LogP contribution is -2.30. The Morgan fingerprint density at radius 2 is 1.93 bits per heavy atom. The SMILES string of the molecule is CC(OC(=O)c1cc(-c2ccc(Br)cc2)n[nH]1)C(=O)Nc1ccc(F)c([N+](=O)[O-])c1. The third-order valence-corrected chi connectivity index (χ3v) is 4.53. The van der Waals surface area contributed by atoms with E-state index >= 15 is 0 Å². The Kier molecular flexibility index (Phi) is 6.21. The van der Waals surface area contributed by atoms with Crippen molar-refractivity contribution in [3.05, 3.63) is 74.6 Å². The summed E-state index contributed by atoms with van der Waals surface area (Å²) in [7, 11) is 0. The maximum atomic E-state index is 13.4. The number of halogens is 2. The predicted octanol–water partition coefficient (Wildman–Crippen LogP) is 4.07. The van der Waals surface area contributed by atoms with Crippen LogP contribution in [-0.4, -0.2) is 33.1 Å². The van der Waals surface area contributed by atoms with Crippen LogP contribution in [0.25, 0.3) is 11.3 Å². The Morgan fingerprint density at radius 3 is 2.60 bits per heavy atom. The van der Waals surface area contributed by atoms with Crippen LogP contribution in [-0.2, 0) is 9.53 Å². The first-order valence-electron chi connectivity index (χ1n) is 8.51. The Labute approximate surface area is 177 Å². The molecule has 154 valence electrons. The van der Waals surface area contributed by atoms with Crippen molar-refractivity contribution in [3.8, 4) is 11.3 Å². The molecule has 0 spiro atoms. The highest BCUT2D eigenvalue weighted by atomic mass is 79.9. The summed E-state index contributed by atoms with van der Waals surface area (Å²) >= 11 is 3.33. The number of anilines is 1. The van der Waals surface area contributed by atoms with E-state index in [-0.39, 0.29) is 11.4 Å². The van der Waals surface area contributed by atoms with Gasteiger partial charge in [-0.05, 0) is 37.3 Å². The van der Waals surface area contributed by atoms with Crippen molar-refractivity contribution in [2.75, 3.05) is 5.32 Å². The molecule has 0 aliphatic heterocycles. The van der Waals surface area contributed by atoms with Crippen molar-refractivity contribution in [3.63, 3.8) is 0 Å². The number of amides is 1. The third kappa shape index (κ3) is 4.87. The standard InChI is InChI=1S/C19H14BrFN4O5/c1-10(18(26)22-13-6-7-14(21)17(8-13)25(28)29)30-19(27)16-9-15(23-24-16)11-2-4-12(20)5-3-11/h2-10H,1H3,(H,22,26)(H,23,24). The molecule has 0 bridgehead atoms. The summed E-state index contributed by atoms with van der Waals surface area (Å²) in [5, 5.41) is 19.7. The highest BCUT2D eigenvalue weighted by Crippen LogP contribution is 2.23. The van der Waals surface area contributed by atoms with Gasteiger partial charge in [-0.15, -0.1) is 0 Å². The number of ether oxygens (including phenoxy) is 1. The van der Waals surface area contributed by atoms with Gasteiger partial charge in [0.25, 0.3) is 5.91 Å². The van der Waals surface area contributed by atoms with E-state index in [0.29, 0.717) is 5.69 Å². The topological polar surface area (TPSA) is 127 Å². The minimum atomic E-state index is -1.22. The number of H-pyrrole nitrogens is 1. The molecule has 1 unspecified atom stereocenters. The second-order valence-electron chi connectivity index (χ2n) is 6.13. The normalized spacial score (nSPS) is 11.6.